The highest BCUT2D eigenvalue weighted by Gasteiger charge is 2.24. The molecule has 2 heteroatoms. The molecule has 0 aromatic rings. The maximum atomic E-state index is 2.71. The minimum Gasteiger partial charge on any atom is -0.356 e. The van der Waals surface area contributed by atoms with Crippen molar-refractivity contribution in [2.75, 3.05) is 13.1 Å². The van der Waals surface area contributed by atoms with Crippen molar-refractivity contribution < 1.29 is 0 Å². The Balaban J connectivity index is 2.13. The second kappa shape index (κ2) is 31.8. The summed E-state index contributed by atoms with van der Waals surface area (Å²) < 4.78 is 0. The van der Waals surface area contributed by atoms with Crippen molar-refractivity contribution in [2.24, 2.45) is 0 Å². The lowest BCUT2D eigenvalue weighted by atomic mass is 10.0. The standard InChI is InChI=1S/C40H80N2/c1-4-7-10-13-15-17-19-20-21-22-24-26-28-31-34-37-42-39-38-41(36-33-30-12-9-6-3)40(42)35-32-29-27-25-23-18-16-14-11-8-5-2/h38-40H,4-37H2,1-3H3. The van der Waals surface area contributed by atoms with Gasteiger partial charge in [0.05, 0.1) is 0 Å². The smallest absolute Gasteiger partial charge is 0.101 e. The van der Waals surface area contributed by atoms with Gasteiger partial charge in [-0.3, -0.25) is 0 Å². The first-order valence-electron chi connectivity index (χ1n) is 20.0. The van der Waals surface area contributed by atoms with E-state index >= 15 is 0 Å². The summed E-state index contributed by atoms with van der Waals surface area (Å²) >= 11 is 0. The second-order valence-electron chi connectivity index (χ2n) is 13.9. The molecule has 2 nitrogen and oxygen atoms in total. The Morgan fingerprint density at radius 1 is 0.310 bits per heavy atom. The van der Waals surface area contributed by atoms with Crippen LogP contribution >= 0.6 is 0 Å². The quantitative estimate of drug-likeness (QED) is 0.0690. The van der Waals surface area contributed by atoms with E-state index in [2.05, 4.69) is 43.0 Å². The molecule has 0 saturated carbocycles. The molecule has 1 rings (SSSR count). The van der Waals surface area contributed by atoms with Crippen LogP contribution in [0.5, 0.6) is 0 Å². The number of hydrogen-bond acceptors (Lipinski definition) is 2. The molecule has 0 saturated heterocycles. The summed E-state index contributed by atoms with van der Waals surface area (Å²) in [6.45, 7) is 9.48. The first kappa shape index (κ1) is 39.4. The molecule has 0 fully saturated rings. The van der Waals surface area contributed by atoms with Gasteiger partial charge in [0.2, 0.25) is 0 Å². The van der Waals surface area contributed by atoms with E-state index in [-0.39, 0.29) is 0 Å². The van der Waals surface area contributed by atoms with E-state index in [0.717, 1.165) is 0 Å². The van der Waals surface area contributed by atoms with Gasteiger partial charge in [0.1, 0.15) is 6.17 Å². The minimum absolute atomic E-state index is 0.640. The van der Waals surface area contributed by atoms with Crippen LogP contribution in [-0.2, 0) is 0 Å². The number of rotatable bonds is 34. The Bertz CT molecular complexity index is 544. The zero-order chi connectivity index (χ0) is 30.2. The third-order valence-electron chi connectivity index (χ3n) is 9.82. The van der Waals surface area contributed by atoms with E-state index in [1.807, 2.05) is 0 Å². The molecule has 0 amide bonds. The molecule has 1 aliphatic heterocycles. The highest BCUT2D eigenvalue weighted by molar-refractivity contribution is 4.97. The fraction of sp³-hybridized carbons (Fsp3) is 0.950. The summed E-state index contributed by atoms with van der Waals surface area (Å²) in [5.41, 5.74) is 0. The molecule has 0 radical (unpaired) electrons. The van der Waals surface area contributed by atoms with Crippen molar-refractivity contribution in [3.8, 4) is 0 Å². The summed E-state index contributed by atoms with van der Waals surface area (Å²) in [7, 11) is 0. The molecule has 0 aromatic heterocycles. The van der Waals surface area contributed by atoms with Crippen LogP contribution in [0.3, 0.4) is 0 Å². The third-order valence-corrected chi connectivity index (χ3v) is 9.82. The van der Waals surface area contributed by atoms with E-state index in [0.29, 0.717) is 6.17 Å². The molecule has 0 N–H and O–H groups in total. The molecule has 0 aromatic carbocycles. The van der Waals surface area contributed by atoms with E-state index in [9.17, 15) is 0 Å². The summed E-state index contributed by atoms with van der Waals surface area (Å²) in [6.07, 6.45) is 51.4. The first-order valence-corrected chi connectivity index (χ1v) is 20.0. The average Bonchev–Trinajstić information content (AvgIpc) is 3.38. The summed E-state index contributed by atoms with van der Waals surface area (Å²) in [5, 5.41) is 0. The van der Waals surface area contributed by atoms with Crippen LogP contribution in [0.4, 0.5) is 0 Å². The molecule has 0 aliphatic carbocycles. The monoisotopic (exact) mass is 589 g/mol. The molecule has 42 heavy (non-hydrogen) atoms. The first-order chi connectivity index (χ1) is 20.8. The Labute approximate surface area is 267 Å². The lowest BCUT2D eigenvalue weighted by molar-refractivity contribution is 0.135. The lowest BCUT2D eigenvalue weighted by Gasteiger charge is -2.33. The van der Waals surface area contributed by atoms with Gasteiger partial charge in [0.15, 0.2) is 0 Å². The Hall–Kier alpha value is -0.660. The van der Waals surface area contributed by atoms with Gasteiger partial charge in [-0.2, -0.15) is 0 Å². The predicted molar refractivity (Wildman–Crippen MR) is 191 cm³/mol. The fourth-order valence-corrected chi connectivity index (χ4v) is 6.89. The summed E-state index contributed by atoms with van der Waals surface area (Å²) in [6, 6.07) is 0. The van der Waals surface area contributed by atoms with Gasteiger partial charge in [0, 0.05) is 25.5 Å². The van der Waals surface area contributed by atoms with Crippen molar-refractivity contribution in [1.82, 2.24) is 9.80 Å². The van der Waals surface area contributed by atoms with Gasteiger partial charge >= 0.3 is 0 Å². The maximum Gasteiger partial charge on any atom is 0.101 e. The second-order valence-corrected chi connectivity index (χ2v) is 13.9. The predicted octanol–water partition coefficient (Wildman–Crippen LogP) is 13.9. The molecule has 1 atom stereocenters. The molecule has 250 valence electrons. The average molecular weight is 589 g/mol. The zero-order valence-corrected chi connectivity index (χ0v) is 29.7. The van der Waals surface area contributed by atoms with Crippen molar-refractivity contribution in [3.05, 3.63) is 12.4 Å². The maximum absolute atomic E-state index is 2.71. The van der Waals surface area contributed by atoms with Gasteiger partial charge < -0.3 is 9.80 Å². The summed E-state index contributed by atoms with van der Waals surface area (Å²) in [5.74, 6) is 0. The van der Waals surface area contributed by atoms with Gasteiger partial charge in [-0.1, -0.05) is 201 Å². The van der Waals surface area contributed by atoms with E-state index in [1.165, 1.54) is 219 Å². The van der Waals surface area contributed by atoms with E-state index in [1.54, 1.807) is 0 Å². The topological polar surface area (TPSA) is 6.48 Å². The van der Waals surface area contributed by atoms with Crippen molar-refractivity contribution in [1.29, 1.82) is 0 Å². The van der Waals surface area contributed by atoms with Crippen LogP contribution in [0.1, 0.15) is 226 Å². The highest BCUT2D eigenvalue weighted by atomic mass is 15.4. The van der Waals surface area contributed by atoms with Crippen molar-refractivity contribution in [2.45, 2.75) is 232 Å². The molecule has 0 bridgehead atoms. The normalized spacial score (nSPS) is 15.0. The van der Waals surface area contributed by atoms with Gasteiger partial charge in [-0.15, -0.1) is 0 Å². The van der Waals surface area contributed by atoms with Crippen LogP contribution in [0.15, 0.2) is 12.4 Å². The Morgan fingerprint density at radius 3 is 0.833 bits per heavy atom. The summed E-state index contributed by atoms with van der Waals surface area (Å²) in [4.78, 5) is 5.41. The van der Waals surface area contributed by atoms with Crippen molar-refractivity contribution >= 4 is 0 Å². The van der Waals surface area contributed by atoms with E-state index < -0.39 is 0 Å². The molecule has 0 spiro atoms. The number of hydrogen-bond donors (Lipinski definition) is 0. The van der Waals surface area contributed by atoms with Crippen LogP contribution < -0.4 is 0 Å². The third kappa shape index (κ3) is 23.8. The van der Waals surface area contributed by atoms with Gasteiger partial charge in [0.25, 0.3) is 0 Å². The van der Waals surface area contributed by atoms with Gasteiger partial charge in [-0.05, 0) is 25.7 Å². The molecule has 1 unspecified atom stereocenters. The van der Waals surface area contributed by atoms with Crippen molar-refractivity contribution in [3.63, 3.8) is 0 Å². The van der Waals surface area contributed by atoms with E-state index in [4.69, 9.17) is 0 Å². The fourth-order valence-electron chi connectivity index (χ4n) is 6.89. The highest BCUT2D eigenvalue weighted by Crippen LogP contribution is 2.24. The van der Waals surface area contributed by atoms with Crippen LogP contribution in [0.25, 0.3) is 0 Å². The molecule has 1 heterocycles. The number of nitrogens with zero attached hydrogens (tertiary/aromatic N) is 2. The SMILES string of the molecule is CCCCCCCCCCCCCCCCCN1C=CN(CCCCCCC)C1CCCCCCCCCCCCC. The lowest BCUT2D eigenvalue weighted by Crippen LogP contribution is -2.39. The molecular formula is C40H80N2. The van der Waals surface area contributed by atoms with Gasteiger partial charge in [-0.25, -0.2) is 0 Å². The van der Waals surface area contributed by atoms with Crippen LogP contribution in [0, 0.1) is 0 Å². The zero-order valence-electron chi connectivity index (χ0n) is 29.7. The Kier molecular flexibility index (Phi) is 29.8. The molecular weight excluding hydrogens is 508 g/mol. The Morgan fingerprint density at radius 2 is 0.548 bits per heavy atom. The van der Waals surface area contributed by atoms with Crippen LogP contribution in [-0.4, -0.2) is 29.1 Å². The minimum atomic E-state index is 0.640. The van der Waals surface area contributed by atoms with Crippen LogP contribution in [0.2, 0.25) is 0 Å². The number of unbranched alkanes of at least 4 members (excludes halogenated alkanes) is 28. The largest absolute Gasteiger partial charge is 0.356 e. The molecule has 1 aliphatic rings.